The van der Waals surface area contributed by atoms with Gasteiger partial charge in [0.15, 0.2) is 36.1 Å². The second-order valence-electron chi connectivity index (χ2n) is 10.8. The maximum absolute atomic E-state index is 14.9. The Morgan fingerprint density at radius 3 is 2.66 bits per heavy atom. The van der Waals surface area contributed by atoms with Crippen molar-refractivity contribution in [2.75, 3.05) is 14.2 Å². The van der Waals surface area contributed by atoms with Gasteiger partial charge >= 0.3 is 0 Å². The molecule has 1 aliphatic heterocycles. The molecule has 14 heteroatoms. The number of carbonyl (C=O) groups is 2. The lowest BCUT2D eigenvalue weighted by molar-refractivity contribution is -0.301. The highest BCUT2D eigenvalue weighted by molar-refractivity contribution is 7.21. The maximum Gasteiger partial charge on any atom is 0.252 e. The number of benzene rings is 2. The van der Waals surface area contributed by atoms with Crippen molar-refractivity contribution in [3.05, 3.63) is 68.2 Å². The van der Waals surface area contributed by atoms with Gasteiger partial charge in [0.05, 0.1) is 21.3 Å². The summed E-state index contributed by atoms with van der Waals surface area (Å²) in [7, 11) is 2.65. The Balaban J connectivity index is 1.87. The van der Waals surface area contributed by atoms with E-state index in [2.05, 4.69) is 10.5 Å². The number of alkyl halides is 1. The number of thiophene rings is 1. The molecule has 2 aliphatic rings. The average Bonchev–Trinajstić information content (AvgIpc) is 3.53. The molecular formula is C30H25F4N3O6S. The van der Waals surface area contributed by atoms with E-state index in [-0.39, 0.29) is 51.2 Å². The molecule has 2 aromatic heterocycles. The standard InChI is InChI=1S/C30H25F4N3O6S/c1-30(42-3)10-19(36-41)26(39)29(43-30)37-20-9-18(34)17(33)8-13(20)23-24(28(40)35-2)14(11-38)22-12-4-5-15(31)16(32)6-7-21(12)44-27(22)25(23)37/h5-9,11,16,19,26,29,39H,4,10H2,1-3H3,(H,35,40)/b7-6?,15-5+. The minimum absolute atomic E-state index is 0.00438. The van der Waals surface area contributed by atoms with Crippen LogP contribution in [0.3, 0.4) is 0 Å². The number of hydrogen-bond donors (Lipinski definition) is 2. The van der Waals surface area contributed by atoms with Gasteiger partial charge in [-0.3, -0.25) is 9.59 Å². The van der Waals surface area contributed by atoms with Crippen LogP contribution in [0.15, 0.2) is 35.3 Å². The maximum atomic E-state index is 14.9. The van der Waals surface area contributed by atoms with Gasteiger partial charge in [-0.05, 0) is 43.2 Å². The normalized spacial score (nSPS) is 26.7. The molecule has 230 valence electrons. The van der Waals surface area contributed by atoms with Crippen molar-refractivity contribution in [3.63, 3.8) is 0 Å². The molecule has 44 heavy (non-hydrogen) atoms. The quantitative estimate of drug-likeness (QED) is 0.159. The average molecular weight is 632 g/mol. The largest absolute Gasteiger partial charge is 0.386 e. The Hall–Kier alpha value is -3.98. The summed E-state index contributed by atoms with van der Waals surface area (Å²) in [6.07, 6.45) is -1.51. The van der Waals surface area contributed by atoms with Crippen LogP contribution in [0.4, 0.5) is 17.6 Å². The third-order valence-electron chi connectivity index (χ3n) is 8.30. The van der Waals surface area contributed by atoms with Gasteiger partial charge in [0.2, 0.25) is 0 Å². The summed E-state index contributed by atoms with van der Waals surface area (Å²) in [5.41, 5.74) is 0.209. The highest BCUT2D eigenvalue weighted by Gasteiger charge is 2.47. The van der Waals surface area contributed by atoms with Crippen molar-refractivity contribution in [1.82, 2.24) is 9.88 Å². The summed E-state index contributed by atoms with van der Waals surface area (Å²) in [6, 6.07) is 0.477. The molecule has 1 amide bonds. The predicted octanol–water partition coefficient (Wildman–Crippen LogP) is 6.00. The first-order chi connectivity index (χ1) is 21.0. The molecule has 2 N–H and O–H groups in total. The van der Waals surface area contributed by atoms with Gasteiger partial charge in [-0.1, -0.05) is 5.18 Å². The summed E-state index contributed by atoms with van der Waals surface area (Å²) in [5, 5.41) is 17.2. The van der Waals surface area contributed by atoms with Crippen LogP contribution in [0.2, 0.25) is 0 Å². The number of aldehydes is 1. The summed E-state index contributed by atoms with van der Waals surface area (Å²) >= 11 is 1.07. The van der Waals surface area contributed by atoms with Crippen LogP contribution in [-0.4, -0.2) is 60.1 Å². The lowest BCUT2D eigenvalue weighted by Gasteiger charge is -2.43. The summed E-state index contributed by atoms with van der Waals surface area (Å²) < 4.78 is 71.8. The van der Waals surface area contributed by atoms with Crippen LogP contribution >= 0.6 is 11.3 Å². The number of nitrogens with zero attached hydrogens (tertiary/aromatic N) is 2. The smallest absolute Gasteiger partial charge is 0.252 e. The fourth-order valence-corrected chi connectivity index (χ4v) is 7.44. The number of amides is 1. The Morgan fingerprint density at radius 2 is 2.00 bits per heavy atom. The number of allylic oxidation sites excluding steroid dienone is 3. The number of aliphatic hydroxyl groups excluding tert-OH is 1. The van der Waals surface area contributed by atoms with Crippen molar-refractivity contribution < 1.29 is 41.7 Å². The predicted molar refractivity (Wildman–Crippen MR) is 156 cm³/mol. The summed E-state index contributed by atoms with van der Waals surface area (Å²) in [6.45, 7) is 1.52. The minimum atomic E-state index is -2.00. The molecule has 5 atom stereocenters. The van der Waals surface area contributed by atoms with Gasteiger partial charge in [-0.25, -0.2) is 17.6 Å². The van der Waals surface area contributed by atoms with Gasteiger partial charge in [0.1, 0.15) is 18.0 Å². The zero-order valence-corrected chi connectivity index (χ0v) is 24.3. The monoisotopic (exact) mass is 631 g/mol. The molecule has 5 unspecified atom stereocenters. The zero-order chi connectivity index (χ0) is 31.7. The van der Waals surface area contributed by atoms with Crippen LogP contribution in [0.1, 0.15) is 50.7 Å². The molecule has 0 radical (unpaired) electrons. The second-order valence-corrected chi connectivity index (χ2v) is 11.8. The SMILES string of the molecule is CNC(=O)c1c(C=O)c2c3c(sc2c2c1c1cc(F)c(F)cc1n2C1OC(C)(OC)CC(N=O)C1O)C=CC(F)/C(F)=C\C3. The molecule has 0 bridgehead atoms. The minimum Gasteiger partial charge on any atom is -0.386 e. The fourth-order valence-electron chi connectivity index (χ4n) is 6.13. The first-order valence-electron chi connectivity index (χ1n) is 13.5. The van der Waals surface area contributed by atoms with Crippen molar-refractivity contribution >= 4 is 61.5 Å². The van der Waals surface area contributed by atoms with Crippen LogP contribution in [0.25, 0.3) is 38.0 Å². The Morgan fingerprint density at radius 1 is 1.27 bits per heavy atom. The number of fused-ring (bicyclic) bond motifs is 7. The number of methoxy groups -OCH3 is 1. The highest BCUT2D eigenvalue weighted by atomic mass is 32.1. The number of rotatable bonds is 5. The van der Waals surface area contributed by atoms with E-state index < -0.39 is 53.7 Å². The van der Waals surface area contributed by atoms with E-state index in [0.717, 1.165) is 35.6 Å². The third kappa shape index (κ3) is 4.38. The highest BCUT2D eigenvalue weighted by Crippen LogP contribution is 2.49. The van der Waals surface area contributed by atoms with Crippen LogP contribution in [-0.2, 0) is 15.9 Å². The Labute approximate surface area is 250 Å². The van der Waals surface area contributed by atoms with Crippen molar-refractivity contribution in [2.45, 2.75) is 50.1 Å². The van der Waals surface area contributed by atoms with Gasteiger partial charge in [-0.2, -0.15) is 4.91 Å². The number of nitroso groups, excluding NO2 is 1. The Kier molecular flexibility index (Phi) is 7.43. The zero-order valence-electron chi connectivity index (χ0n) is 23.5. The lowest BCUT2D eigenvalue weighted by atomic mass is 9.93. The van der Waals surface area contributed by atoms with E-state index in [1.54, 1.807) is 0 Å². The number of nitrogens with one attached hydrogen (secondary N) is 1. The summed E-state index contributed by atoms with van der Waals surface area (Å²) in [5.74, 6) is -5.73. The third-order valence-corrected chi connectivity index (χ3v) is 9.50. The first kappa shape index (κ1) is 30.1. The summed E-state index contributed by atoms with van der Waals surface area (Å²) in [4.78, 5) is 38.6. The topological polar surface area (TPSA) is 119 Å². The molecule has 6 rings (SSSR count). The van der Waals surface area contributed by atoms with E-state index in [1.165, 1.54) is 31.7 Å². The Bertz CT molecular complexity index is 1950. The molecule has 1 aliphatic carbocycles. The molecule has 9 nitrogen and oxygen atoms in total. The van der Waals surface area contributed by atoms with E-state index in [4.69, 9.17) is 9.47 Å². The number of aromatic nitrogens is 1. The van der Waals surface area contributed by atoms with Crippen molar-refractivity contribution in [1.29, 1.82) is 0 Å². The number of ether oxygens (including phenoxy) is 2. The van der Waals surface area contributed by atoms with Gasteiger partial charge in [0, 0.05) is 53.2 Å². The molecule has 1 saturated heterocycles. The van der Waals surface area contributed by atoms with E-state index in [1.807, 2.05) is 0 Å². The number of hydrogen-bond acceptors (Lipinski definition) is 8. The molecule has 0 spiro atoms. The second kappa shape index (κ2) is 10.9. The number of aliphatic hydroxyl groups is 1. The molecule has 2 aromatic carbocycles. The van der Waals surface area contributed by atoms with Crippen molar-refractivity contribution in [3.8, 4) is 0 Å². The molecule has 4 aromatic rings. The van der Waals surface area contributed by atoms with Crippen LogP contribution in [0.5, 0.6) is 0 Å². The van der Waals surface area contributed by atoms with Crippen LogP contribution in [0, 0.1) is 16.5 Å². The van der Waals surface area contributed by atoms with E-state index in [0.29, 0.717) is 21.4 Å². The van der Waals surface area contributed by atoms with Crippen LogP contribution < -0.4 is 5.32 Å². The molecule has 3 heterocycles. The van der Waals surface area contributed by atoms with Gasteiger partial charge in [-0.15, -0.1) is 11.3 Å². The van der Waals surface area contributed by atoms with E-state index >= 15 is 0 Å². The molecule has 0 saturated carbocycles. The molecule has 1 fully saturated rings. The van der Waals surface area contributed by atoms with Gasteiger partial charge in [0.25, 0.3) is 5.91 Å². The van der Waals surface area contributed by atoms with Crippen molar-refractivity contribution in [2.24, 2.45) is 5.18 Å². The number of halogens is 4. The van der Waals surface area contributed by atoms with E-state index in [9.17, 15) is 37.2 Å². The van der Waals surface area contributed by atoms with Gasteiger partial charge < -0.3 is 24.5 Å². The molecular weight excluding hydrogens is 606 g/mol. The first-order valence-corrected chi connectivity index (χ1v) is 14.3. The number of carbonyl (C=O) groups excluding carboxylic acids is 2. The fraction of sp³-hybridized carbons (Fsp3) is 0.333. The lowest BCUT2D eigenvalue weighted by Crippen LogP contribution is -2.51.